The molecule has 1 aliphatic carbocycles. The molecule has 0 radical (unpaired) electrons. The van der Waals surface area contributed by atoms with E-state index in [9.17, 15) is 9.59 Å². The van der Waals surface area contributed by atoms with Gasteiger partial charge in [-0.3, -0.25) is 9.59 Å². The Morgan fingerprint density at radius 2 is 2.07 bits per heavy atom. The normalized spacial score (nSPS) is 15.2. The van der Waals surface area contributed by atoms with Crippen LogP contribution in [0.15, 0.2) is 10.9 Å². The second-order valence-electron chi connectivity index (χ2n) is 4.01. The van der Waals surface area contributed by atoms with Crippen LogP contribution < -0.4 is 5.56 Å². The van der Waals surface area contributed by atoms with Gasteiger partial charge in [-0.05, 0) is 32.3 Å². The van der Waals surface area contributed by atoms with Gasteiger partial charge in [0, 0.05) is 30.3 Å². The molecule has 0 saturated carbocycles. The second kappa shape index (κ2) is 3.65. The van der Waals surface area contributed by atoms with E-state index in [4.69, 9.17) is 0 Å². The minimum Gasteiger partial charge on any atom is -0.312 e. The lowest BCUT2D eigenvalue weighted by molar-refractivity contribution is 0.0969. The molecule has 0 aliphatic heterocycles. The summed E-state index contributed by atoms with van der Waals surface area (Å²) in [6, 6.07) is 1.57. The number of aromatic nitrogens is 1. The second-order valence-corrected chi connectivity index (χ2v) is 4.01. The SMILES string of the molecule is CCn1c2c(c(C)cc1=O)C(=O)CCC2. The molecule has 3 nitrogen and oxygen atoms in total. The van der Waals surface area contributed by atoms with Gasteiger partial charge in [-0.15, -0.1) is 0 Å². The molecule has 1 aromatic heterocycles. The van der Waals surface area contributed by atoms with Crippen LogP contribution >= 0.6 is 0 Å². The van der Waals surface area contributed by atoms with Gasteiger partial charge in [0.25, 0.3) is 5.56 Å². The molecule has 3 heteroatoms. The Hall–Kier alpha value is -1.38. The zero-order valence-electron chi connectivity index (χ0n) is 9.17. The van der Waals surface area contributed by atoms with E-state index >= 15 is 0 Å². The number of rotatable bonds is 1. The molecule has 80 valence electrons. The molecule has 0 atom stereocenters. The van der Waals surface area contributed by atoms with Crippen molar-refractivity contribution >= 4 is 5.78 Å². The van der Waals surface area contributed by atoms with Crippen LogP contribution in [0.4, 0.5) is 0 Å². The van der Waals surface area contributed by atoms with Crippen LogP contribution in [-0.4, -0.2) is 10.4 Å². The van der Waals surface area contributed by atoms with Crippen molar-refractivity contribution in [3.05, 3.63) is 33.2 Å². The van der Waals surface area contributed by atoms with E-state index in [-0.39, 0.29) is 11.3 Å². The van der Waals surface area contributed by atoms with Gasteiger partial charge in [-0.25, -0.2) is 0 Å². The largest absolute Gasteiger partial charge is 0.312 e. The fourth-order valence-corrected chi connectivity index (χ4v) is 2.36. The lowest BCUT2D eigenvalue weighted by Gasteiger charge is -2.20. The maximum Gasteiger partial charge on any atom is 0.251 e. The fourth-order valence-electron chi connectivity index (χ4n) is 2.36. The summed E-state index contributed by atoms with van der Waals surface area (Å²) in [6.45, 7) is 4.44. The molecule has 0 amide bonds. The lowest BCUT2D eigenvalue weighted by Crippen LogP contribution is -2.28. The van der Waals surface area contributed by atoms with Gasteiger partial charge in [0.15, 0.2) is 5.78 Å². The summed E-state index contributed by atoms with van der Waals surface area (Å²) in [5, 5.41) is 0. The van der Waals surface area contributed by atoms with Crippen molar-refractivity contribution in [2.24, 2.45) is 0 Å². The average Bonchev–Trinajstić information content (AvgIpc) is 2.17. The molecule has 1 aromatic rings. The highest BCUT2D eigenvalue weighted by Gasteiger charge is 2.22. The van der Waals surface area contributed by atoms with Gasteiger partial charge in [0.1, 0.15) is 0 Å². The molecule has 0 aromatic carbocycles. The summed E-state index contributed by atoms with van der Waals surface area (Å²) in [6.07, 6.45) is 2.34. The molecule has 2 rings (SSSR count). The number of aryl methyl sites for hydroxylation is 1. The summed E-state index contributed by atoms with van der Waals surface area (Å²) in [5.74, 6) is 0.191. The molecular formula is C12H15NO2. The molecule has 15 heavy (non-hydrogen) atoms. The predicted molar refractivity (Wildman–Crippen MR) is 58.4 cm³/mol. The average molecular weight is 205 g/mol. The molecular weight excluding hydrogens is 190 g/mol. The number of fused-ring (bicyclic) bond motifs is 1. The van der Waals surface area contributed by atoms with E-state index in [0.29, 0.717) is 13.0 Å². The maximum absolute atomic E-state index is 11.8. The first-order chi connectivity index (χ1) is 7.15. The van der Waals surface area contributed by atoms with Crippen LogP contribution in [-0.2, 0) is 13.0 Å². The fraction of sp³-hybridized carbons (Fsp3) is 0.500. The van der Waals surface area contributed by atoms with Crippen molar-refractivity contribution in [3.63, 3.8) is 0 Å². The predicted octanol–water partition coefficient (Wildman–Crippen LogP) is 1.70. The number of nitrogens with zero attached hydrogens (tertiary/aromatic N) is 1. The molecule has 0 N–H and O–H groups in total. The summed E-state index contributed by atoms with van der Waals surface area (Å²) in [5.41, 5.74) is 2.59. The summed E-state index contributed by atoms with van der Waals surface area (Å²) in [7, 11) is 0. The Balaban J connectivity index is 2.76. The Morgan fingerprint density at radius 1 is 1.33 bits per heavy atom. The number of carbonyl (C=O) groups excluding carboxylic acids is 1. The Morgan fingerprint density at radius 3 is 2.73 bits per heavy atom. The van der Waals surface area contributed by atoms with Gasteiger partial charge in [0.05, 0.1) is 0 Å². The topological polar surface area (TPSA) is 39.1 Å². The van der Waals surface area contributed by atoms with Crippen LogP contribution in [0.1, 0.15) is 41.4 Å². The van der Waals surface area contributed by atoms with Crippen molar-refractivity contribution < 1.29 is 4.79 Å². The molecule has 1 aliphatic rings. The highest BCUT2D eigenvalue weighted by Crippen LogP contribution is 2.22. The first-order valence-corrected chi connectivity index (χ1v) is 5.41. The maximum atomic E-state index is 11.8. The van der Waals surface area contributed by atoms with E-state index in [0.717, 1.165) is 29.7 Å². The van der Waals surface area contributed by atoms with Crippen LogP contribution in [0, 0.1) is 6.92 Å². The standard InChI is InChI=1S/C12H15NO2/c1-3-13-9-5-4-6-10(14)12(9)8(2)7-11(13)15/h7H,3-6H2,1-2H3. The van der Waals surface area contributed by atoms with E-state index in [2.05, 4.69) is 0 Å². The molecule has 0 bridgehead atoms. The summed E-state index contributed by atoms with van der Waals surface area (Å²) < 4.78 is 1.72. The molecule has 0 unspecified atom stereocenters. The number of pyridine rings is 1. The van der Waals surface area contributed by atoms with Crippen molar-refractivity contribution in [2.45, 2.75) is 39.7 Å². The molecule has 0 spiro atoms. The van der Waals surface area contributed by atoms with Crippen molar-refractivity contribution in [1.29, 1.82) is 0 Å². The van der Waals surface area contributed by atoms with Crippen LogP contribution in [0.2, 0.25) is 0 Å². The van der Waals surface area contributed by atoms with E-state index in [1.807, 2.05) is 13.8 Å². The number of hydrogen-bond donors (Lipinski definition) is 0. The van der Waals surface area contributed by atoms with Gasteiger partial charge in [0.2, 0.25) is 0 Å². The molecule has 0 fully saturated rings. The van der Waals surface area contributed by atoms with Gasteiger partial charge in [-0.1, -0.05) is 0 Å². The molecule has 1 heterocycles. The minimum atomic E-state index is 0.0171. The number of ketones is 1. The van der Waals surface area contributed by atoms with Crippen molar-refractivity contribution in [2.75, 3.05) is 0 Å². The number of hydrogen-bond acceptors (Lipinski definition) is 2. The Kier molecular flexibility index (Phi) is 2.47. The van der Waals surface area contributed by atoms with Gasteiger partial charge < -0.3 is 4.57 Å². The highest BCUT2D eigenvalue weighted by atomic mass is 16.1. The van der Waals surface area contributed by atoms with Crippen LogP contribution in [0.3, 0.4) is 0 Å². The monoisotopic (exact) mass is 205 g/mol. The van der Waals surface area contributed by atoms with Crippen molar-refractivity contribution in [1.82, 2.24) is 4.57 Å². The third-order valence-corrected chi connectivity index (χ3v) is 3.03. The summed E-state index contributed by atoms with van der Waals surface area (Å²) >= 11 is 0. The third-order valence-electron chi connectivity index (χ3n) is 3.03. The van der Waals surface area contributed by atoms with Crippen LogP contribution in [0.25, 0.3) is 0 Å². The van der Waals surface area contributed by atoms with E-state index < -0.39 is 0 Å². The van der Waals surface area contributed by atoms with Gasteiger partial charge in [-0.2, -0.15) is 0 Å². The van der Waals surface area contributed by atoms with E-state index in [1.54, 1.807) is 10.6 Å². The Bertz CT molecular complexity index is 471. The smallest absolute Gasteiger partial charge is 0.251 e. The number of Topliss-reactive ketones (excluding diaryl/α,β-unsaturated/α-hetero) is 1. The number of carbonyl (C=O) groups is 1. The minimum absolute atomic E-state index is 0.0171. The zero-order chi connectivity index (χ0) is 11.0. The van der Waals surface area contributed by atoms with Gasteiger partial charge >= 0.3 is 0 Å². The molecule has 0 saturated heterocycles. The van der Waals surface area contributed by atoms with E-state index in [1.165, 1.54) is 0 Å². The Labute approximate surface area is 88.7 Å². The van der Waals surface area contributed by atoms with Crippen LogP contribution in [0.5, 0.6) is 0 Å². The summed E-state index contributed by atoms with van der Waals surface area (Å²) in [4.78, 5) is 23.5. The first-order valence-electron chi connectivity index (χ1n) is 5.41. The van der Waals surface area contributed by atoms with Crippen molar-refractivity contribution in [3.8, 4) is 0 Å². The zero-order valence-corrected chi connectivity index (χ0v) is 9.17. The highest BCUT2D eigenvalue weighted by molar-refractivity contribution is 5.99. The third kappa shape index (κ3) is 1.52. The lowest BCUT2D eigenvalue weighted by atomic mass is 9.91. The quantitative estimate of drug-likeness (QED) is 0.700. The first kappa shape index (κ1) is 10.1.